The Bertz CT molecular complexity index is 280. The molecule has 1 heterocycles. The van der Waals surface area contributed by atoms with Gasteiger partial charge in [0.1, 0.15) is 0 Å². The van der Waals surface area contributed by atoms with Crippen molar-refractivity contribution in [1.29, 1.82) is 10.7 Å². The Morgan fingerprint density at radius 1 is 1.47 bits per heavy atom. The zero-order valence-corrected chi connectivity index (χ0v) is 10.6. The molecule has 6 nitrogen and oxygen atoms in total. The van der Waals surface area contributed by atoms with Gasteiger partial charge in [0, 0.05) is 25.5 Å². The predicted octanol–water partition coefficient (Wildman–Crippen LogP) is 0.803. The van der Waals surface area contributed by atoms with Crippen LogP contribution >= 0.6 is 0 Å². The molecule has 0 bridgehead atoms. The van der Waals surface area contributed by atoms with Gasteiger partial charge in [-0.2, -0.15) is 5.26 Å². The van der Waals surface area contributed by atoms with Crippen LogP contribution in [0.4, 0.5) is 0 Å². The maximum atomic E-state index is 7.65. The fourth-order valence-electron chi connectivity index (χ4n) is 1.29. The third kappa shape index (κ3) is 7.96. The predicted molar refractivity (Wildman–Crippen MR) is 68.7 cm³/mol. The van der Waals surface area contributed by atoms with Gasteiger partial charge in [-0.05, 0) is 13.3 Å². The van der Waals surface area contributed by atoms with Crippen LogP contribution in [0.2, 0.25) is 0 Å². The fraction of sp³-hybridized carbons (Fsp3) is 0.636. The maximum absolute atomic E-state index is 7.65. The van der Waals surface area contributed by atoms with E-state index in [-0.39, 0.29) is 5.96 Å². The smallest absolute Gasteiger partial charge is 0.199 e. The van der Waals surface area contributed by atoms with Crippen molar-refractivity contribution in [3.63, 3.8) is 0 Å². The highest BCUT2D eigenvalue weighted by molar-refractivity contribution is 5.75. The first-order chi connectivity index (χ1) is 8.13. The van der Waals surface area contributed by atoms with Crippen molar-refractivity contribution in [1.82, 2.24) is 15.1 Å². The summed E-state index contributed by atoms with van der Waals surface area (Å²) >= 11 is 0. The van der Waals surface area contributed by atoms with Crippen molar-refractivity contribution in [2.24, 2.45) is 5.73 Å². The van der Waals surface area contributed by atoms with Gasteiger partial charge in [-0.1, -0.05) is 13.3 Å². The van der Waals surface area contributed by atoms with Gasteiger partial charge in [-0.25, -0.2) is 0 Å². The van der Waals surface area contributed by atoms with Crippen LogP contribution in [-0.2, 0) is 0 Å². The van der Waals surface area contributed by atoms with Crippen LogP contribution in [0.25, 0.3) is 0 Å². The number of rotatable bonds is 4. The largest absolute Gasteiger partial charge is 0.369 e. The highest BCUT2D eigenvalue weighted by atomic mass is 15.3. The number of guanidine groups is 1. The molecule has 1 rings (SSSR count). The summed E-state index contributed by atoms with van der Waals surface area (Å²) in [4.78, 5) is 4.68. The lowest BCUT2D eigenvalue weighted by Gasteiger charge is -2.19. The number of nitrogens with one attached hydrogen (secondary N) is 2. The summed E-state index contributed by atoms with van der Waals surface area (Å²) in [6.07, 6.45) is 8.43. The van der Waals surface area contributed by atoms with Crippen molar-refractivity contribution in [3.8, 4) is 6.19 Å². The zero-order valence-electron chi connectivity index (χ0n) is 10.6. The summed E-state index contributed by atoms with van der Waals surface area (Å²) in [5.41, 5.74) is 4.65. The Hall–Kier alpha value is -1.90. The minimum Gasteiger partial charge on any atom is -0.369 e. The van der Waals surface area contributed by atoms with Crippen molar-refractivity contribution in [2.45, 2.75) is 26.7 Å². The molecular weight excluding hydrogens is 216 g/mol. The average Bonchev–Trinajstić information content (AvgIpc) is 2.75. The third-order valence-corrected chi connectivity index (χ3v) is 2.25. The molecule has 0 saturated carbocycles. The van der Waals surface area contributed by atoms with E-state index in [9.17, 15) is 0 Å². The first kappa shape index (κ1) is 15.1. The molecule has 0 atom stereocenters. The minimum atomic E-state index is -0.322. The van der Waals surface area contributed by atoms with Gasteiger partial charge in [0.15, 0.2) is 12.2 Å². The summed E-state index contributed by atoms with van der Waals surface area (Å²) in [7, 11) is 0. The number of nitrogens with two attached hydrogens (primary N) is 1. The summed E-state index contributed by atoms with van der Waals surface area (Å²) in [6.45, 7) is 7.85. The van der Waals surface area contributed by atoms with Crippen LogP contribution in [0.3, 0.4) is 0 Å². The van der Waals surface area contributed by atoms with Gasteiger partial charge < -0.3 is 15.5 Å². The lowest BCUT2D eigenvalue weighted by Crippen LogP contribution is -2.25. The molecule has 96 valence electrons. The Kier molecular flexibility index (Phi) is 8.29. The van der Waals surface area contributed by atoms with E-state index in [1.807, 2.05) is 5.32 Å². The molecule has 17 heavy (non-hydrogen) atoms. The molecule has 0 radical (unpaired) electrons. The summed E-state index contributed by atoms with van der Waals surface area (Å²) in [6, 6.07) is 0. The lowest BCUT2D eigenvalue weighted by molar-refractivity contribution is 0.270. The molecule has 1 aliphatic rings. The molecule has 0 unspecified atom stereocenters. The number of nitriles is 1. The lowest BCUT2D eigenvalue weighted by atomic mass is 10.3. The van der Waals surface area contributed by atoms with E-state index in [1.54, 1.807) is 0 Å². The second-order valence-corrected chi connectivity index (χ2v) is 3.66. The Morgan fingerprint density at radius 2 is 2.12 bits per heavy atom. The Morgan fingerprint density at radius 3 is 2.47 bits per heavy atom. The maximum Gasteiger partial charge on any atom is 0.199 e. The van der Waals surface area contributed by atoms with E-state index in [0.717, 1.165) is 13.2 Å². The SMILES string of the molecule is CCCCN1C=CN(CC)C1.N#CNC(=N)N. The summed E-state index contributed by atoms with van der Waals surface area (Å²) in [5.74, 6) is -0.322. The van der Waals surface area contributed by atoms with Crippen molar-refractivity contribution < 1.29 is 0 Å². The molecule has 0 fully saturated rings. The zero-order chi connectivity index (χ0) is 13.1. The van der Waals surface area contributed by atoms with Crippen LogP contribution in [0.5, 0.6) is 0 Å². The molecule has 0 spiro atoms. The highest BCUT2D eigenvalue weighted by Gasteiger charge is 2.08. The minimum absolute atomic E-state index is 0.322. The third-order valence-electron chi connectivity index (χ3n) is 2.25. The van der Waals surface area contributed by atoms with Crippen molar-refractivity contribution in [3.05, 3.63) is 12.4 Å². The Balaban J connectivity index is 0.000000366. The molecule has 0 amide bonds. The number of unbranched alkanes of at least 4 members (excludes halogenated alkanes) is 1. The van der Waals surface area contributed by atoms with E-state index in [2.05, 4.69) is 41.8 Å². The monoisotopic (exact) mass is 238 g/mol. The van der Waals surface area contributed by atoms with Gasteiger partial charge in [-0.15, -0.1) is 0 Å². The molecule has 1 aliphatic heterocycles. The molecule has 0 aromatic carbocycles. The quantitative estimate of drug-likeness (QED) is 0.292. The fourth-order valence-corrected chi connectivity index (χ4v) is 1.29. The van der Waals surface area contributed by atoms with E-state index in [0.29, 0.717) is 0 Å². The number of hydrogen-bond acceptors (Lipinski definition) is 4. The normalized spacial score (nSPS) is 12.8. The molecule has 6 heteroatoms. The van der Waals surface area contributed by atoms with Crippen LogP contribution in [0.1, 0.15) is 26.7 Å². The molecular formula is C11H22N6. The molecule has 0 aliphatic carbocycles. The Labute approximate surface area is 103 Å². The highest BCUT2D eigenvalue weighted by Crippen LogP contribution is 2.06. The average molecular weight is 238 g/mol. The summed E-state index contributed by atoms with van der Waals surface area (Å²) < 4.78 is 0. The molecule has 0 aromatic heterocycles. The molecule has 4 N–H and O–H groups in total. The van der Waals surface area contributed by atoms with E-state index >= 15 is 0 Å². The topological polar surface area (TPSA) is 92.2 Å². The van der Waals surface area contributed by atoms with Gasteiger partial charge >= 0.3 is 0 Å². The molecule has 0 aromatic rings. The second-order valence-electron chi connectivity index (χ2n) is 3.66. The van der Waals surface area contributed by atoms with Gasteiger partial charge in [-0.3, -0.25) is 10.7 Å². The van der Waals surface area contributed by atoms with Gasteiger partial charge in [0.05, 0.1) is 6.67 Å². The number of nitrogens with zero attached hydrogens (tertiary/aromatic N) is 3. The van der Waals surface area contributed by atoms with Crippen LogP contribution < -0.4 is 11.1 Å². The summed E-state index contributed by atoms with van der Waals surface area (Å²) in [5, 5.41) is 15.9. The van der Waals surface area contributed by atoms with Gasteiger partial charge in [0.2, 0.25) is 0 Å². The standard InChI is InChI=1S/C9H18N2.C2H4N4/c1-3-5-6-11-8-7-10(4-2)9-11;3-1-6-2(4)5/h7-8H,3-6,9H2,1-2H3;(H4,4,5,6). The molecule has 0 saturated heterocycles. The second kappa shape index (κ2) is 9.33. The van der Waals surface area contributed by atoms with Crippen LogP contribution in [0, 0.1) is 16.9 Å². The van der Waals surface area contributed by atoms with E-state index < -0.39 is 0 Å². The first-order valence-corrected chi connectivity index (χ1v) is 5.79. The van der Waals surface area contributed by atoms with Crippen molar-refractivity contribution in [2.75, 3.05) is 19.8 Å². The van der Waals surface area contributed by atoms with Crippen molar-refractivity contribution >= 4 is 5.96 Å². The van der Waals surface area contributed by atoms with E-state index in [4.69, 9.17) is 10.7 Å². The van der Waals surface area contributed by atoms with Crippen LogP contribution in [0.15, 0.2) is 12.4 Å². The number of hydrogen-bond donors (Lipinski definition) is 3. The van der Waals surface area contributed by atoms with E-state index in [1.165, 1.54) is 25.6 Å². The van der Waals surface area contributed by atoms with Gasteiger partial charge in [0.25, 0.3) is 0 Å². The van der Waals surface area contributed by atoms with Crippen LogP contribution in [-0.4, -0.2) is 35.5 Å². The first-order valence-electron chi connectivity index (χ1n) is 5.79.